The van der Waals surface area contributed by atoms with Crippen LogP contribution in [0.25, 0.3) is 5.69 Å². The van der Waals surface area contributed by atoms with Gasteiger partial charge in [-0.1, -0.05) is 6.07 Å². The van der Waals surface area contributed by atoms with Gasteiger partial charge in [0.2, 0.25) is 5.91 Å². The number of Topliss-reactive ketones (excluding diaryl/α,β-unsaturated/α-hetero) is 1. The molecule has 0 radical (unpaired) electrons. The molecule has 9 nitrogen and oxygen atoms in total. The van der Waals surface area contributed by atoms with Gasteiger partial charge >= 0.3 is 6.09 Å². The van der Waals surface area contributed by atoms with Crippen LogP contribution in [0.15, 0.2) is 48.4 Å². The number of rotatable bonds is 8. The van der Waals surface area contributed by atoms with Gasteiger partial charge in [0.05, 0.1) is 23.7 Å². The molecule has 0 bridgehead atoms. The molecule has 2 amide bonds. The summed E-state index contributed by atoms with van der Waals surface area (Å²) >= 11 is 1.34. The van der Waals surface area contributed by atoms with Crippen molar-refractivity contribution in [1.29, 1.82) is 0 Å². The molecule has 1 saturated heterocycles. The third-order valence-electron chi connectivity index (χ3n) is 4.68. The molecule has 1 N–H and O–H groups in total. The molecule has 160 valence electrons. The molecule has 11 heteroatoms. The molecule has 31 heavy (non-hydrogen) atoms. The van der Waals surface area contributed by atoms with E-state index in [9.17, 15) is 18.8 Å². The third-order valence-corrected chi connectivity index (χ3v) is 5.60. The number of ether oxygens (including phenoxy) is 1. The summed E-state index contributed by atoms with van der Waals surface area (Å²) in [6.45, 7) is 0.267. The van der Waals surface area contributed by atoms with Crippen LogP contribution in [0, 0.1) is 5.82 Å². The minimum Gasteiger partial charge on any atom is -0.442 e. The number of halogens is 1. The van der Waals surface area contributed by atoms with E-state index in [1.54, 1.807) is 18.2 Å². The number of anilines is 1. The summed E-state index contributed by atoms with van der Waals surface area (Å²) in [5.41, 5.74) is 0.538. The lowest BCUT2D eigenvalue weighted by Gasteiger charge is -2.14. The predicted octanol–water partition coefficient (Wildman–Crippen LogP) is 2.57. The number of carbonyl (C=O) groups excluding carboxylic acids is 3. The van der Waals surface area contributed by atoms with Crippen molar-refractivity contribution in [3.8, 4) is 5.69 Å². The largest absolute Gasteiger partial charge is 0.442 e. The number of nitrogens with zero attached hydrogens (tertiary/aromatic N) is 4. The number of carbonyl (C=O) groups is 3. The monoisotopic (exact) mass is 443 g/mol. The van der Waals surface area contributed by atoms with Gasteiger partial charge in [0, 0.05) is 12.8 Å². The zero-order valence-electron chi connectivity index (χ0n) is 16.2. The Morgan fingerprint density at radius 1 is 1.29 bits per heavy atom. The first-order chi connectivity index (χ1) is 15.0. The van der Waals surface area contributed by atoms with Crippen molar-refractivity contribution in [2.45, 2.75) is 18.9 Å². The first-order valence-electron chi connectivity index (χ1n) is 9.47. The maximum absolute atomic E-state index is 14.4. The molecule has 0 unspecified atom stereocenters. The van der Waals surface area contributed by atoms with Crippen LogP contribution in [-0.4, -0.2) is 51.7 Å². The van der Waals surface area contributed by atoms with Crippen molar-refractivity contribution in [3.05, 3.63) is 59.1 Å². The second kappa shape index (κ2) is 9.04. The number of hydrogen-bond donors (Lipinski definition) is 1. The molecule has 0 aliphatic carbocycles. The van der Waals surface area contributed by atoms with E-state index in [1.807, 2.05) is 5.38 Å². The molecule has 1 aromatic carbocycles. The van der Waals surface area contributed by atoms with Gasteiger partial charge in [-0.15, -0.1) is 11.3 Å². The number of aromatic nitrogens is 3. The summed E-state index contributed by atoms with van der Waals surface area (Å²) in [7, 11) is 0. The maximum Gasteiger partial charge on any atom is 0.414 e. The molecule has 3 aromatic rings. The van der Waals surface area contributed by atoms with Gasteiger partial charge in [0.1, 0.15) is 24.4 Å². The second-order valence-electron chi connectivity index (χ2n) is 6.80. The van der Waals surface area contributed by atoms with Crippen molar-refractivity contribution in [2.75, 3.05) is 18.0 Å². The van der Waals surface area contributed by atoms with Gasteiger partial charge < -0.3 is 10.1 Å². The second-order valence-corrected chi connectivity index (χ2v) is 7.74. The Bertz CT molecular complexity index is 1090. The van der Waals surface area contributed by atoms with E-state index in [0.29, 0.717) is 10.6 Å². The number of cyclic esters (lactones) is 1. The van der Waals surface area contributed by atoms with Crippen LogP contribution in [0.4, 0.5) is 14.9 Å². The van der Waals surface area contributed by atoms with Crippen LogP contribution >= 0.6 is 11.3 Å². The van der Waals surface area contributed by atoms with E-state index in [4.69, 9.17) is 4.74 Å². The average molecular weight is 443 g/mol. The Morgan fingerprint density at radius 3 is 2.87 bits per heavy atom. The number of amides is 2. The molecule has 1 atom stereocenters. The molecule has 1 aliphatic rings. The van der Waals surface area contributed by atoms with Crippen molar-refractivity contribution < 1.29 is 23.5 Å². The smallest absolute Gasteiger partial charge is 0.414 e. The fourth-order valence-corrected chi connectivity index (χ4v) is 3.82. The highest BCUT2D eigenvalue weighted by molar-refractivity contribution is 7.12. The lowest BCUT2D eigenvalue weighted by Crippen LogP contribution is -2.34. The number of ketones is 1. The van der Waals surface area contributed by atoms with Crippen molar-refractivity contribution in [1.82, 2.24) is 20.1 Å². The Morgan fingerprint density at radius 2 is 2.16 bits per heavy atom. The minimum atomic E-state index is -0.625. The predicted molar refractivity (Wildman–Crippen MR) is 110 cm³/mol. The summed E-state index contributed by atoms with van der Waals surface area (Å²) in [5, 5.41) is 8.36. The summed E-state index contributed by atoms with van der Waals surface area (Å²) < 4.78 is 21.0. The highest BCUT2D eigenvalue weighted by Gasteiger charge is 2.33. The van der Waals surface area contributed by atoms with Crippen LogP contribution in [0.3, 0.4) is 0 Å². The normalized spacial score (nSPS) is 15.7. The van der Waals surface area contributed by atoms with Crippen LogP contribution < -0.4 is 10.2 Å². The van der Waals surface area contributed by atoms with Gasteiger partial charge in [0.25, 0.3) is 0 Å². The van der Waals surface area contributed by atoms with E-state index in [-0.39, 0.29) is 43.3 Å². The van der Waals surface area contributed by atoms with Gasteiger partial charge in [-0.05, 0) is 29.6 Å². The van der Waals surface area contributed by atoms with Crippen LogP contribution in [0.5, 0.6) is 0 Å². The Balaban J connectivity index is 1.29. The third kappa shape index (κ3) is 4.77. The molecule has 4 rings (SSSR count). The summed E-state index contributed by atoms with van der Waals surface area (Å²) in [5.74, 6) is -0.953. The van der Waals surface area contributed by atoms with E-state index in [2.05, 4.69) is 15.4 Å². The molecule has 0 spiro atoms. The highest BCUT2D eigenvalue weighted by atomic mass is 32.1. The van der Waals surface area contributed by atoms with Crippen molar-refractivity contribution >= 4 is 34.8 Å². The molecule has 3 heterocycles. The van der Waals surface area contributed by atoms with E-state index >= 15 is 0 Å². The van der Waals surface area contributed by atoms with E-state index < -0.39 is 18.0 Å². The maximum atomic E-state index is 14.4. The molecule has 0 saturated carbocycles. The van der Waals surface area contributed by atoms with Crippen LogP contribution in [0.2, 0.25) is 0 Å². The van der Waals surface area contributed by atoms with E-state index in [0.717, 1.165) is 0 Å². The Hall–Kier alpha value is -3.60. The van der Waals surface area contributed by atoms with Gasteiger partial charge in [0.15, 0.2) is 11.6 Å². The Kier molecular flexibility index (Phi) is 6.03. The molecule has 1 fully saturated rings. The fourth-order valence-electron chi connectivity index (χ4n) is 3.12. The summed E-state index contributed by atoms with van der Waals surface area (Å²) in [6, 6.07) is 7.80. The standard InChI is InChI=1S/C20H18FN5O4S/c21-15-8-13(3-4-16(15)26-12-22-11-24-26)25-10-14(30-20(25)29)9-23-19(28)6-5-17(27)18-2-1-7-31-18/h1-4,7-8,11-12,14H,5-6,9-10H2,(H,23,28)/t14-/m0/s1. The van der Waals surface area contributed by atoms with Gasteiger partial charge in [-0.3, -0.25) is 14.5 Å². The lowest BCUT2D eigenvalue weighted by atomic mass is 10.2. The SMILES string of the molecule is O=C(CCC(=O)c1cccs1)NC[C@H]1CN(c2ccc(-n3cncn3)c(F)c2)C(=O)O1. The zero-order valence-corrected chi connectivity index (χ0v) is 17.0. The molecule has 2 aromatic heterocycles. The topological polar surface area (TPSA) is 106 Å². The molecular weight excluding hydrogens is 425 g/mol. The number of benzene rings is 1. The summed E-state index contributed by atoms with van der Waals surface area (Å²) in [6.07, 6.45) is 1.62. The molecule has 1 aliphatic heterocycles. The van der Waals surface area contributed by atoms with Gasteiger partial charge in [-0.25, -0.2) is 18.9 Å². The molecular formula is C20H18FN5O4S. The number of thiophene rings is 1. The van der Waals surface area contributed by atoms with Crippen molar-refractivity contribution in [2.24, 2.45) is 0 Å². The number of hydrogen-bond acceptors (Lipinski definition) is 7. The highest BCUT2D eigenvalue weighted by Crippen LogP contribution is 2.25. The van der Waals surface area contributed by atoms with Crippen molar-refractivity contribution in [3.63, 3.8) is 0 Å². The first-order valence-corrected chi connectivity index (χ1v) is 10.4. The quantitative estimate of drug-likeness (QED) is 0.537. The van der Waals surface area contributed by atoms with Crippen LogP contribution in [-0.2, 0) is 9.53 Å². The average Bonchev–Trinajstić information content (AvgIpc) is 3.52. The minimum absolute atomic E-state index is 0.0517. The zero-order chi connectivity index (χ0) is 21.8. The van der Waals surface area contributed by atoms with E-state index in [1.165, 1.54) is 45.7 Å². The fraction of sp³-hybridized carbons (Fsp3) is 0.250. The summed E-state index contributed by atoms with van der Waals surface area (Å²) in [4.78, 5) is 41.9. The Labute approximate surface area is 180 Å². The number of nitrogens with one attached hydrogen (secondary N) is 1. The lowest BCUT2D eigenvalue weighted by molar-refractivity contribution is -0.121. The first kappa shape index (κ1) is 20.7. The van der Waals surface area contributed by atoms with Gasteiger partial charge in [-0.2, -0.15) is 5.10 Å². The van der Waals surface area contributed by atoms with Crippen LogP contribution in [0.1, 0.15) is 22.5 Å².